The van der Waals surface area contributed by atoms with Crippen molar-refractivity contribution in [1.29, 1.82) is 0 Å². The number of hydrogen-bond donors (Lipinski definition) is 2. The molecule has 2 atom stereocenters. The first-order chi connectivity index (χ1) is 19.7. The largest absolute Gasteiger partial charge is 0.493 e. The zero-order valence-electron chi connectivity index (χ0n) is 21.9. The minimum absolute atomic E-state index is 0.0179. The smallest absolute Gasteiger partial charge is 0.258 e. The van der Waals surface area contributed by atoms with Gasteiger partial charge in [0, 0.05) is 37.7 Å². The summed E-state index contributed by atoms with van der Waals surface area (Å²) >= 11 is 6.14. The Morgan fingerprint density at radius 3 is 2.73 bits per heavy atom. The molecule has 2 heterocycles. The quantitative estimate of drug-likeness (QED) is 0.475. The molecule has 0 radical (unpaired) electrons. The van der Waals surface area contributed by atoms with Crippen molar-refractivity contribution in [2.75, 3.05) is 26.8 Å². The lowest BCUT2D eigenvalue weighted by atomic mass is 9.99. The van der Waals surface area contributed by atoms with Gasteiger partial charge in [-0.1, -0.05) is 17.7 Å². The maximum Gasteiger partial charge on any atom is 0.258 e. The lowest BCUT2D eigenvalue weighted by molar-refractivity contribution is -0.123. The zero-order chi connectivity index (χ0) is 29.1. The van der Waals surface area contributed by atoms with E-state index in [1.807, 2.05) is 0 Å². The first-order valence-corrected chi connectivity index (χ1v) is 13.2. The summed E-state index contributed by atoms with van der Waals surface area (Å²) in [6, 6.07) is 11.7. The van der Waals surface area contributed by atoms with Gasteiger partial charge in [-0.15, -0.1) is 0 Å². The molecule has 1 fully saturated rings. The summed E-state index contributed by atoms with van der Waals surface area (Å²) < 4.78 is 46.1. The van der Waals surface area contributed by atoms with Crippen molar-refractivity contribution in [1.82, 2.24) is 15.5 Å². The van der Waals surface area contributed by atoms with E-state index in [1.165, 1.54) is 54.5 Å². The van der Waals surface area contributed by atoms with Crippen LogP contribution in [0.25, 0.3) is 0 Å². The van der Waals surface area contributed by atoms with Crippen molar-refractivity contribution in [2.45, 2.75) is 25.1 Å². The summed E-state index contributed by atoms with van der Waals surface area (Å²) in [5, 5.41) is 5.52. The van der Waals surface area contributed by atoms with E-state index in [-0.39, 0.29) is 60.3 Å². The van der Waals surface area contributed by atoms with Crippen LogP contribution in [0.2, 0.25) is 5.02 Å². The molecule has 2 aliphatic heterocycles. The van der Waals surface area contributed by atoms with Crippen LogP contribution in [-0.4, -0.2) is 61.6 Å². The van der Waals surface area contributed by atoms with E-state index in [1.54, 1.807) is 6.07 Å². The normalized spacial score (nSPS) is 19.2. The predicted molar refractivity (Wildman–Crippen MR) is 144 cm³/mol. The third-order valence-electron chi connectivity index (χ3n) is 6.82. The molecule has 0 spiro atoms. The van der Waals surface area contributed by atoms with E-state index in [4.69, 9.17) is 25.8 Å². The highest BCUT2D eigenvalue weighted by atomic mass is 35.5. The Morgan fingerprint density at radius 2 is 1.95 bits per heavy atom. The highest BCUT2D eigenvalue weighted by molar-refractivity contribution is 6.33. The standard InChI is InChI=1S/C29H26ClF2N3O6/c1-39-24-6-5-17-11-25(24)40-15-26(36)33-13-16-9-18(31)12-19(10-16)41-23-7-8-35(14-22(23)34-28(17)37)29(38)27-20(30)3-2-4-21(27)32/h2-6,9-12,22-23H,7-8,13-15H2,1H3,(H,33,36)(H,34,37)/t22-,23+/m0/s1. The van der Waals surface area contributed by atoms with E-state index in [0.717, 1.165) is 6.07 Å². The second-order valence-electron chi connectivity index (χ2n) is 9.60. The van der Waals surface area contributed by atoms with Crippen molar-refractivity contribution in [3.05, 3.63) is 87.9 Å². The van der Waals surface area contributed by atoms with E-state index in [9.17, 15) is 23.2 Å². The molecule has 2 aliphatic rings. The number of nitrogens with zero attached hydrogens (tertiary/aromatic N) is 1. The van der Waals surface area contributed by atoms with Crippen LogP contribution in [0.5, 0.6) is 17.2 Å². The second-order valence-corrected chi connectivity index (χ2v) is 10.0. The van der Waals surface area contributed by atoms with Gasteiger partial charge in [-0.05, 0) is 48.0 Å². The Kier molecular flexibility index (Phi) is 8.25. The summed E-state index contributed by atoms with van der Waals surface area (Å²) in [6.07, 6.45) is -0.437. The highest BCUT2D eigenvalue weighted by Crippen LogP contribution is 2.29. The topological polar surface area (TPSA) is 106 Å². The number of carbonyl (C=O) groups is 3. The van der Waals surface area contributed by atoms with Gasteiger partial charge in [0.15, 0.2) is 18.1 Å². The van der Waals surface area contributed by atoms with Crippen molar-refractivity contribution >= 4 is 29.3 Å². The number of halogens is 3. The Bertz CT molecular complexity index is 1480. The number of nitrogens with one attached hydrogen (secondary N) is 2. The van der Waals surface area contributed by atoms with Gasteiger partial charge < -0.3 is 29.7 Å². The molecule has 0 unspecified atom stereocenters. The van der Waals surface area contributed by atoms with Gasteiger partial charge in [0.1, 0.15) is 23.5 Å². The minimum Gasteiger partial charge on any atom is -0.493 e. The van der Waals surface area contributed by atoms with Crippen LogP contribution in [0.3, 0.4) is 0 Å². The third-order valence-corrected chi connectivity index (χ3v) is 7.14. The van der Waals surface area contributed by atoms with E-state index in [0.29, 0.717) is 11.3 Å². The van der Waals surface area contributed by atoms with Crippen molar-refractivity contribution < 1.29 is 37.4 Å². The lowest BCUT2D eigenvalue weighted by Crippen LogP contribution is -2.58. The Labute approximate surface area is 239 Å². The Morgan fingerprint density at radius 1 is 1.12 bits per heavy atom. The van der Waals surface area contributed by atoms with E-state index >= 15 is 0 Å². The second kappa shape index (κ2) is 12.0. The highest BCUT2D eigenvalue weighted by Gasteiger charge is 2.36. The first kappa shape index (κ1) is 28.2. The summed E-state index contributed by atoms with van der Waals surface area (Å²) in [6.45, 7) is -0.221. The molecule has 0 aromatic heterocycles. The number of amides is 3. The zero-order valence-corrected chi connectivity index (χ0v) is 22.7. The molecule has 214 valence electrons. The molecule has 9 nitrogen and oxygen atoms in total. The van der Waals surface area contributed by atoms with Gasteiger partial charge in [-0.2, -0.15) is 0 Å². The van der Waals surface area contributed by atoms with Crippen LogP contribution in [0.15, 0.2) is 54.6 Å². The van der Waals surface area contributed by atoms with Gasteiger partial charge >= 0.3 is 0 Å². The predicted octanol–water partition coefficient (Wildman–Crippen LogP) is 3.73. The molecule has 3 amide bonds. The number of fused-ring (bicyclic) bond motifs is 5. The van der Waals surface area contributed by atoms with Gasteiger partial charge in [0.2, 0.25) is 0 Å². The van der Waals surface area contributed by atoms with E-state index in [2.05, 4.69) is 10.6 Å². The Hall–Kier alpha value is -4.38. The maximum atomic E-state index is 14.5. The molecule has 0 saturated carbocycles. The third kappa shape index (κ3) is 6.35. The molecule has 0 aliphatic carbocycles. The van der Waals surface area contributed by atoms with Crippen molar-refractivity contribution in [2.24, 2.45) is 0 Å². The number of likely N-dealkylation sites (tertiary alicyclic amines) is 1. The molecule has 4 bridgehead atoms. The molecular formula is C29H26ClF2N3O6. The average molecular weight is 586 g/mol. The Balaban J connectivity index is 1.48. The van der Waals surface area contributed by atoms with Gasteiger partial charge in [0.05, 0.1) is 23.7 Å². The van der Waals surface area contributed by atoms with Crippen LogP contribution >= 0.6 is 11.6 Å². The van der Waals surface area contributed by atoms with Gasteiger partial charge in [-0.3, -0.25) is 14.4 Å². The molecular weight excluding hydrogens is 560 g/mol. The summed E-state index contributed by atoms with van der Waals surface area (Å²) in [5.74, 6) is -2.29. The van der Waals surface area contributed by atoms with Crippen molar-refractivity contribution in [3.63, 3.8) is 0 Å². The summed E-state index contributed by atoms with van der Waals surface area (Å²) in [5.41, 5.74) is 0.380. The molecule has 3 aromatic carbocycles. The van der Waals surface area contributed by atoms with Crippen LogP contribution < -0.4 is 24.8 Å². The van der Waals surface area contributed by atoms with Crippen LogP contribution in [0.4, 0.5) is 8.78 Å². The SMILES string of the molecule is COc1ccc2cc1OCC(=O)NCc1cc(F)cc(c1)O[C@@H]1CCN(C(=O)c3c(F)cccc3Cl)C[C@@H]1NC2=O. The van der Waals surface area contributed by atoms with Crippen molar-refractivity contribution in [3.8, 4) is 17.2 Å². The van der Waals surface area contributed by atoms with Gasteiger partial charge in [0.25, 0.3) is 17.7 Å². The molecule has 12 heteroatoms. The number of piperidine rings is 1. The number of benzene rings is 3. The first-order valence-electron chi connectivity index (χ1n) is 12.8. The fourth-order valence-electron chi connectivity index (χ4n) is 4.80. The number of carbonyl (C=O) groups excluding carboxylic acids is 3. The summed E-state index contributed by atoms with van der Waals surface area (Å²) in [7, 11) is 1.42. The average Bonchev–Trinajstić information content (AvgIpc) is 2.94. The minimum atomic E-state index is -0.767. The van der Waals surface area contributed by atoms with Crippen LogP contribution in [-0.2, 0) is 11.3 Å². The fraction of sp³-hybridized carbons (Fsp3) is 0.276. The monoisotopic (exact) mass is 585 g/mol. The van der Waals surface area contributed by atoms with Crippen LogP contribution in [0.1, 0.15) is 32.7 Å². The number of hydrogen-bond acceptors (Lipinski definition) is 6. The summed E-state index contributed by atoms with van der Waals surface area (Å²) in [4.78, 5) is 40.5. The number of rotatable bonds is 2. The number of ether oxygens (including phenoxy) is 3. The molecule has 2 N–H and O–H groups in total. The lowest BCUT2D eigenvalue weighted by Gasteiger charge is -2.39. The number of methoxy groups -OCH3 is 1. The van der Waals surface area contributed by atoms with Crippen LogP contribution in [0, 0.1) is 11.6 Å². The molecule has 41 heavy (non-hydrogen) atoms. The molecule has 1 saturated heterocycles. The molecule has 3 aromatic rings. The van der Waals surface area contributed by atoms with E-state index < -0.39 is 41.5 Å². The maximum absolute atomic E-state index is 14.5. The molecule has 5 rings (SSSR count). The van der Waals surface area contributed by atoms with Gasteiger partial charge in [-0.25, -0.2) is 8.78 Å². The fourth-order valence-corrected chi connectivity index (χ4v) is 5.04.